The normalized spacial score (nSPS) is 13.8. The van der Waals surface area contributed by atoms with Crippen molar-refractivity contribution in [1.82, 2.24) is 0 Å². The Labute approximate surface area is 91.7 Å². The summed E-state index contributed by atoms with van der Waals surface area (Å²) in [4.78, 5) is 0. The Morgan fingerprint density at radius 2 is 1.81 bits per heavy atom. The molecule has 0 heterocycles. The molecule has 1 rings (SSSR count). The predicted octanol–water partition coefficient (Wildman–Crippen LogP) is 2.52. The van der Waals surface area contributed by atoms with Crippen molar-refractivity contribution in [1.29, 1.82) is 0 Å². The number of rotatable bonds is 5. The van der Waals surface area contributed by atoms with Crippen LogP contribution in [0.1, 0.15) is 12.0 Å². The van der Waals surface area contributed by atoms with Crippen LogP contribution in [0.25, 0.3) is 0 Å². The van der Waals surface area contributed by atoms with Crippen molar-refractivity contribution in [3.8, 4) is 0 Å². The fourth-order valence-electron chi connectivity index (χ4n) is 1.12. The minimum Gasteiger partial charge on any atom is -0.384 e. The molecule has 0 amide bonds. The summed E-state index contributed by atoms with van der Waals surface area (Å²) in [5.74, 6) is 0. The average Bonchev–Trinajstić information content (AvgIpc) is 2.24. The average molecular weight is 234 g/mol. The lowest BCUT2D eigenvalue weighted by Gasteiger charge is -2.14. The first-order valence-electron chi connectivity index (χ1n) is 4.86. The molecule has 0 aliphatic heterocycles. The summed E-state index contributed by atoms with van der Waals surface area (Å²) in [5, 5.41) is 8.68. The molecule has 1 N–H and O–H groups in total. The van der Waals surface area contributed by atoms with E-state index in [1.807, 2.05) is 30.3 Å². The van der Waals surface area contributed by atoms with Crippen LogP contribution in [-0.4, -0.2) is 24.0 Å². The molecule has 1 atom stereocenters. The number of alkyl halides is 3. The maximum atomic E-state index is 11.9. The predicted molar refractivity (Wildman–Crippen MR) is 52.8 cm³/mol. The van der Waals surface area contributed by atoms with Gasteiger partial charge in [-0.1, -0.05) is 30.3 Å². The molecule has 2 nitrogen and oxygen atoms in total. The van der Waals surface area contributed by atoms with E-state index in [1.165, 1.54) is 0 Å². The Hall–Kier alpha value is -1.07. The van der Waals surface area contributed by atoms with Crippen molar-refractivity contribution < 1.29 is 23.0 Å². The Balaban J connectivity index is 2.18. The first kappa shape index (κ1) is 13.0. The first-order chi connectivity index (χ1) is 7.50. The number of aliphatic hydroxyl groups excluding tert-OH is 1. The molecule has 0 aliphatic carbocycles. The summed E-state index contributed by atoms with van der Waals surface area (Å²) in [6.45, 7) is 0.140. The summed E-state index contributed by atoms with van der Waals surface area (Å²) < 4.78 is 40.7. The van der Waals surface area contributed by atoms with E-state index in [9.17, 15) is 13.2 Å². The molecule has 1 aromatic rings. The van der Waals surface area contributed by atoms with Crippen LogP contribution < -0.4 is 0 Å². The minimum absolute atomic E-state index is 0.116. The van der Waals surface area contributed by atoms with Gasteiger partial charge in [-0.3, -0.25) is 0 Å². The fourth-order valence-corrected chi connectivity index (χ4v) is 1.12. The molecule has 0 aromatic heterocycles. The van der Waals surface area contributed by atoms with Gasteiger partial charge in [0.15, 0.2) is 6.10 Å². The lowest BCUT2D eigenvalue weighted by Crippen LogP contribution is -2.29. The summed E-state index contributed by atoms with van der Waals surface area (Å²) in [6, 6.07) is 9.13. The fraction of sp³-hybridized carbons (Fsp3) is 0.455. The van der Waals surface area contributed by atoms with E-state index in [0.29, 0.717) is 0 Å². The van der Waals surface area contributed by atoms with E-state index < -0.39 is 18.7 Å². The highest BCUT2D eigenvalue weighted by Gasteiger charge is 2.37. The number of benzene rings is 1. The molecule has 0 bridgehead atoms. The van der Waals surface area contributed by atoms with Gasteiger partial charge in [0.2, 0.25) is 0 Å². The standard InChI is InChI=1S/C11H13F3O2/c12-11(13,14)10(15)6-7-16-8-9-4-2-1-3-5-9/h1-5,10,15H,6-8H2. The molecule has 0 saturated carbocycles. The Kier molecular flexibility index (Phi) is 4.76. The van der Waals surface area contributed by atoms with Gasteiger partial charge in [-0.2, -0.15) is 13.2 Å². The van der Waals surface area contributed by atoms with E-state index >= 15 is 0 Å². The van der Waals surface area contributed by atoms with Crippen LogP contribution in [0.5, 0.6) is 0 Å². The van der Waals surface area contributed by atoms with Crippen molar-refractivity contribution in [3.05, 3.63) is 35.9 Å². The summed E-state index contributed by atoms with van der Waals surface area (Å²) >= 11 is 0. The van der Waals surface area contributed by atoms with E-state index in [4.69, 9.17) is 9.84 Å². The van der Waals surface area contributed by atoms with Crippen molar-refractivity contribution in [2.24, 2.45) is 0 Å². The monoisotopic (exact) mass is 234 g/mol. The van der Waals surface area contributed by atoms with Gasteiger partial charge in [-0.25, -0.2) is 0 Å². The molecule has 16 heavy (non-hydrogen) atoms. The van der Waals surface area contributed by atoms with Crippen LogP contribution in [0.2, 0.25) is 0 Å². The maximum absolute atomic E-state index is 11.9. The number of halogens is 3. The van der Waals surface area contributed by atoms with Crippen molar-refractivity contribution in [3.63, 3.8) is 0 Å². The van der Waals surface area contributed by atoms with Gasteiger partial charge in [0.05, 0.1) is 6.61 Å². The molecular formula is C11H13F3O2. The van der Waals surface area contributed by atoms with Crippen LogP contribution in [0.4, 0.5) is 13.2 Å². The summed E-state index contributed by atoms with van der Waals surface area (Å²) in [5.41, 5.74) is 0.893. The van der Waals surface area contributed by atoms with Crippen LogP contribution in [0, 0.1) is 0 Å². The second kappa shape index (κ2) is 5.86. The second-order valence-electron chi connectivity index (χ2n) is 3.38. The van der Waals surface area contributed by atoms with Crippen LogP contribution in [0.3, 0.4) is 0 Å². The number of hydrogen-bond acceptors (Lipinski definition) is 2. The molecule has 5 heteroatoms. The van der Waals surface area contributed by atoms with E-state index in [0.717, 1.165) is 5.56 Å². The van der Waals surface area contributed by atoms with Gasteiger partial charge >= 0.3 is 6.18 Å². The quantitative estimate of drug-likeness (QED) is 0.793. The zero-order valence-electron chi connectivity index (χ0n) is 8.57. The van der Waals surface area contributed by atoms with Gasteiger partial charge in [-0.15, -0.1) is 0 Å². The van der Waals surface area contributed by atoms with Crippen LogP contribution in [0.15, 0.2) is 30.3 Å². The third-order valence-electron chi connectivity index (χ3n) is 2.03. The molecule has 1 unspecified atom stereocenters. The topological polar surface area (TPSA) is 29.5 Å². The summed E-state index contributed by atoms with van der Waals surface area (Å²) in [7, 11) is 0. The Bertz CT molecular complexity index is 298. The maximum Gasteiger partial charge on any atom is 0.414 e. The number of hydrogen-bond donors (Lipinski definition) is 1. The zero-order chi connectivity index (χ0) is 12.0. The smallest absolute Gasteiger partial charge is 0.384 e. The zero-order valence-corrected chi connectivity index (χ0v) is 8.57. The van der Waals surface area contributed by atoms with E-state index in [-0.39, 0.29) is 13.2 Å². The number of ether oxygens (including phenoxy) is 1. The SMILES string of the molecule is OC(CCOCc1ccccc1)C(F)(F)F. The number of aliphatic hydroxyl groups is 1. The molecule has 0 radical (unpaired) electrons. The van der Waals surface area contributed by atoms with Gasteiger partial charge in [0, 0.05) is 13.0 Å². The lowest BCUT2D eigenvalue weighted by molar-refractivity contribution is -0.208. The van der Waals surface area contributed by atoms with Crippen molar-refractivity contribution >= 4 is 0 Å². The third kappa shape index (κ3) is 4.63. The highest BCUT2D eigenvalue weighted by molar-refractivity contribution is 5.13. The second-order valence-corrected chi connectivity index (χ2v) is 3.38. The third-order valence-corrected chi connectivity index (χ3v) is 2.03. The highest BCUT2D eigenvalue weighted by atomic mass is 19.4. The Morgan fingerprint density at radius 1 is 1.19 bits per heavy atom. The van der Waals surface area contributed by atoms with Gasteiger partial charge < -0.3 is 9.84 Å². The molecule has 0 fully saturated rings. The molecule has 0 aliphatic rings. The molecular weight excluding hydrogens is 221 g/mol. The van der Waals surface area contributed by atoms with Gasteiger partial charge in [0.1, 0.15) is 0 Å². The Morgan fingerprint density at radius 3 is 2.38 bits per heavy atom. The molecule has 0 spiro atoms. The minimum atomic E-state index is -4.56. The van der Waals surface area contributed by atoms with Gasteiger partial charge in [-0.05, 0) is 5.56 Å². The van der Waals surface area contributed by atoms with Crippen LogP contribution >= 0.6 is 0 Å². The lowest BCUT2D eigenvalue weighted by atomic mass is 10.2. The van der Waals surface area contributed by atoms with Crippen molar-refractivity contribution in [2.45, 2.75) is 25.3 Å². The van der Waals surface area contributed by atoms with E-state index in [1.54, 1.807) is 0 Å². The van der Waals surface area contributed by atoms with E-state index in [2.05, 4.69) is 0 Å². The molecule has 1 aromatic carbocycles. The molecule has 90 valence electrons. The largest absolute Gasteiger partial charge is 0.414 e. The molecule has 0 saturated heterocycles. The van der Waals surface area contributed by atoms with Gasteiger partial charge in [0.25, 0.3) is 0 Å². The summed E-state index contributed by atoms with van der Waals surface area (Å²) in [6.07, 6.45) is -7.30. The highest BCUT2D eigenvalue weighted by Crippen LogP contribution is 2.22. The van der Waals surface area contributed by atoms with Crippen molar-refractivity contribution in [2.75, 3.05) is 6.61 Å². The van der Waals surface area contributed by atoms with Crippen LogP contribution in [-0.2, 0) is 11.3 Å². The first-order valence-corrected chi connectivity index (χ1v) is 4.86.